The second-order valence-electron chi connectivity index (χ2n) is 4.96. The fourth-order valence-corrected chi connectivity index (χ4v) is 1.95. The maximum atomic E-state index is 11.7. The maximum Gasteiger partial charge on any atom is 0.308 e. The second-order valence-corrected chi connectivity index (χ2v) is 4.96. The van der Waals surface area contributed by atoms with Crippen LogP contribution in [-0.2, 0) is 16.1 Å². The van der Waals surface area contributed by atoms with Gasteiger partial charge in [-0.1, -0.05) is 32.0 Å². The van der Waals surface area contributed by atoms with Gasteiger partial charge in [0.1, 0.15) is 12.4 Å². The van der Waals surface area contributed by atoms with Gasteiger partial charge in [0.2, 0.25) is 0 Å². The summed E-state index contributed by atoms with van der Waals surface area (Å²) in [5.41, 5.74) is 0.999. The lowest BCUT2D eigenvalue weighted by Crippen LogP contribution is -2.13. The summed E-state index contributed by atoms with van der Waals surface area (Å²) in [6, 6.07) is 12.0. The molecule has 3 heteroatoms. The molecule has 20 heavy (non-hydrogen) atoms. The minimum atomic E-state index is -0.137. The summed E-state index contributed by atoms with van der Waals surface area (Å²) in [7, 11) is 1.66. The van der Waals surface area contributed by atoms with Crippen molar-refractivity contribution >= 4 is 16.7 Å². The smallest absolute Gasteiger partial charge is 0.308 e. The molecule has 0 heterocycles. The number of hydrogen-bond donors (Lipinski definition) is 0. The molecule has 0 saturated heterocycles. The predicted octanol–water partition coefficient (Wildman–Crippen LogP) is 3.94. The lowest BCUT2D eigenvalue weighted by molar-refractivity contribution is -0.149. The molecule has 106 valence electrons. The molecule has 2 aromatic rings. The summed E-state index contributed by atoms with van der Waals surface area (Å²) in [5.74, 6) is 0.662. The standard InChI is InChI=1S/C17H20O3/c1-4-12(2)17(18)20-11-13-5-6-15-10-16(19-3)8-7-14(15)9-13/h5-10,12H,4,11H2,1-3H3. The summed E-state index contributed by atoms with van der Waals surface area (Å²) in [4.78, 5) is 11.7. The summed E-state index contributed by atoms with van der Waals surface area (Å²) in [6.07, 6.45) is 0.802. The Bertz CT molecular complexity index is 604. The van der Waals surface area contributed by atoms with Crippen molar-refractivity contribution in [1.82, 2.24) is 0 Å². The van der Waals surface area contributed by atoms with Crippen LogP contribution in [0.1, 0.15) is 25.8 Å². The Balaban J connectivity index is 2.10. The quantitative estimate of drug-likeness (QED) is 0.773. The zero-order valence-electron chi connectivity index (χ0n) is 12.2. The molecule has 0 bridgehead atoms. The highest BCUT2D eigenvalue weighted by Crippen LogP contribution is 2.22. The molecular weight excluding hydrogens is 252 g/mol. The van der Waals surface area contributed by atoms with Crippen LogP contribution in [0, 0.1) is 5.92 Å². The molecule has 3 nitrogen and oxygen atoms in total. The van der Waals surface area contributed by atoms with Gasteiger partial charge in [-0.05, 0) is 41.0 Å². The molecule has 2 aromatic carbocycles. The van der Waals surface area contributed by atoms with Crippen LogP contribution in [-0.4, -0.2) is 13.1 Å². The van der Waals surface area contributed by atoms with Gasteiger partial charge in [0.15, 0.2) is 0 Å². The average Bonchev–Trinajstić information content (AvgIpc) is 2.50. The molecule has 0 saturated carbocycles. The van der Waals surface area contributed by atoms with E-state index in [1.54, 1.807) is 7.11 Å². The third kappa shape index (κ3) is 3.29. The summed E-state index contributed by atoms with van der Waals surface area (Å²) >= 11 is 0. The predicted molar refractivity (Wildman–Crippen MR) is 79.8 cm³/mol. The number of esters is 1. The minimum Gasteiger partial charge on any atom is -0.497 e. The molecular formula is C17H20O3. The van der Waals surface area contributed by atoms with Crippen LogP contribution in [0.2, 0.25) is 0 Å². The van der Waals surface area contributed by atoms with Crippen LogP contribution in [0.15, 0.2) is 36.4 Å². The van der Waals surface area contributed by atoms with E-state index in [0.29, 0.717) is 6.61 Å². The molecule has 0 aliphatic heterocycles. The second kappa shape index (κ2) is 6.42. The maximum absolute atomic E-state index is 11.7. The number of carbonyl (C=O) groups excluding carboxylic acids is 1. The van der Waals surface area contributed by atoms with Crippen molar-refractivity contribution in [3.05, 3.63) is 42.0 Å². The number of carbonyl (C=O) groups is 1. The van der Waals surface area contributed by atoms with E-state index < -0.39 is 0 Å². The van der Waals surface area contributed by atoms with E-state index in [4.69, 9.17) is 9.47 Å². The molecule has 1 atom stereocenters. The molecule has 0 spiro atoms. The molecule has 0 aliphatic carbocycles. The molecule has 2 rings (SSSR count). The van der Waals surface area contributed by atoms with Crippen LogP contribution in [0.3, 0.4) is 0 Å². The molecule has 0 radical (unpaired) electrons. The van der Waals surface area contributed by atoms with Gasteiger partial charge in [0.05, 0.1) is 13.0 Å². The van der Waals surface area contributed by atoms with Crippen molar-refractivity contribution in [2.75, 3.05) is 7.11 Å². The topological polar surface area (TPSA) is 35.5 Å². The van der Waals surface area contributed by atoms with Crippen molar-refractivity contribution in [2.45, 2.75) is 26.9 Å². The Morgan fingerprint density at radius 2 is 1.85 bits per heavy atom. The monoisotopic (exact) mass is 272 g/mol. The number of hydrogen-bond acceptors (Lipinski definition) is 3. The highest BCUT2D eigenvalue weighted by Gasteiger charge is 2.11. The highest BCUT2D eigenvalue weighted by atomic mass is 16.5. The Morgan fingerprint density at radius 3 is 2.55 bits per heavy atom. The third-order valence-corrected chi connectivity index (χ3v) is 3.51. The first-order valence-electron chi connectivity index (χ1n) is 6.87. The van der Waals surface area contributed by atoms with Gasteiger partial charge in [-0.3, -0.25) is 4.79 Å². The lowest BCUT2D eigenvalue weighted by atomic mass is 10.1. The Labute approximate surface area is 119 Å². The van der Waals surface area contributed by atoms with Gasteiger partial charge in [-0.25, -0.2) is 0 Å². The zero-order chi connectivity index (χ0) is 14.5. The van der Waals surface area contributed by atoms with Gasteiger partial charge >= 0.3 is 5.97 Å². The van der Waals surface area contributed by atoms with Crippen molar-refractivity contribution in [3.63, 3.8) is 0 Å². The van der Waals surface area contributed by atoms with Crippen LogP contribution >= 0.6 is 0 Å². The molecule has 0 fully saturated rings. The average molecular weight is 272 g/mol. The summed E-state index contributed by atoms with van der Waals surface area (Å²) in [5, 5.41) is 2.23. The normalized spacial score (nSPS) is 12.2. The zero-order valence-corrected chi connectivity index (χ0v) is 12.2. The number of fused-ring (bicyclic) bond motifs is 1. The summed E-state index contributed by atoms with van der Waals surface area (Å²) in [6.45, 7) is 4.19. The third-order valence-electron chi connectivity index (χ3n) is 3.51. The first-order valence-corrected chi connectivity index (χ1v) is 6.87. The molecule has 0 aliphatic rings. The van der Waals surface area contributed by atoms with E-state index in [9.17, 15) is 4.79 Å². The van der Waals surface area contributed by atoms with Gasteiger partial charge < -0.3 is 9.47 Å². The van der Waals surface area contributed by atoms with E-state index in [1.807, 2.05) is 50.2 Å². The Morgan fingerprint density at radius 1 is 1.15 bits per heavy atom. The molecule has 1 unspecified atom stereocenters. The first kappa shape index (κ1) is 14.4. The Kier molecular flexibility index (Phi) is 4.61. The van der Waals surface area contributed by atoms with Gasteiger partial charge in [-0.15, -0.1) is 0 Å². The number of benzene rings is 2. The van der Waals surface area contributed by atoms with Crippen molar-refractivity contribution in [3.8, 4) is 5.75 Å². The highest BCUT2D eigenvalue weighted by molar-refractivity contribution is 5.84. The minimum absolute atomic E-state index is 0.0419. The molecule has 0 aromatic heterocycles. The van der Waals surface area contributed by atoms with Gasteiger partial charge in [-0.2, -0.15) is 0 Å². The van der Waals surface area contributed by atoms with E-state index in [-0.39, 0.29) is 11.9 Å². The van der Waals surface area contributed by atoms with E-state index in [2.05, 4.69) is 0 Å². The summed E-state index contributed by atoms with van der Waals surface area (Å²) < 4.78 is 10.5. The largest absolute Gasteiger partial charge is 0.497 e. The van der Waals surface area contributed by atoms with Gasteiger partial charge in [0.25, 0.3) is 0 Å². The van der Waals surface area contributed by atoms with Crippen molar-refractivity contribution in [2.24, 2.45) is 5.92 Å². The SMILES string of the molecule is CCC(C)C(=O)OCc1ccc2cc(OC)ccc2c1. The first-order chi connectivity index (χ1) is 9.63. The fraction of sp³-hybridized carbons (Fsp3) is 0.353. The van der Waals surface area contributed by atoms with E-state index >= 15 is 0 Å². The molecule has 0 amide bonds. The molecule has 0 N–H and O–H groups in total. The number of rotatable bonds is 5. The van der Waals surface area contributed by atoms with Crippen molar-refractivity contribution in [1.29, 1.82) is 0 Å². The number of ether oxygens (including phenoxy) is 2. The number of methoxy groups -OCH3 is 1. The van der Waals surface area contributed by atoms with Gasteiger partial charge in [0, 0.05) is 0 Å². The van der Waals surface area contributed by atoms with Crippen LogP contribution < -0.4 is 4.74 Å². The van der Waals surface area contributed by atoms with Crippen LogP contribution in [0.4, 0.5) is 0 Å². The van der Waals surface area contributed by atoms with Crippen LogP contribution in [0.5, 0.6) is 5.75 Å². The lowest BCUT2D eigenvalue weighted by Gasteiger charge is -2.10. The van der Waals surface area contributed by atoms with Crippen LogP contribution in [0.25, 0.3) is 10.8 Å². The van der Waals surface area contributed by atoms with E-state index in [0.717, 1.165) is 28.5 Å². The van der Waals surface area contributed by atoms with Crippen molar-refractivity contribution < 1.29 is 14.3 Å². The van der Waals surface area contributed by atoms with E-state index in [1.165, 1.54) is 0 Å². The Hall–Kier alpha value is -2.03. The fourth-order valence-electron chi connectivity index (χ4n) is 1.95.